The summed E-state index contributed by atoms with van der Waals surface area (Å²) in [6.45, 7) is 1.95. The number of imidazole rings is 1. The minimum absolute atomic E-state index is 0.258. The molecule has 4 heteroatoms. The molecule has 0 fully saturated rings. The molecular weight excluding hydrogens is 255 g/mol. The largest absolute Gasteiger partial charge is 0.302 e. The van der Waals surface area contributed by atoms with E-state index in [2.05, 4.69) is 4.98 Å². The van der Waals surface area contributed by atoms with Crippen LogP contribution in [0.4, 0.5) is 4.39 Å². The van der Waals surface area contributed by atoms with E-state index in [4.69, 9.17) is 0 Å². The van der Waals surface area contributed by atoms with Crippen LogP contribution in [-0.4, -0.2) is 15.7 Å². The van der Waals surface area contributed by atoms with Gasteiger partial charge in [0.15, 0.2) is 6.29 Å². The Bertz CT molecular complexity index is 775. The molecule has 0 bridgehead atoms. The van der Waals surface area contributed by atoms with Gasteiger partial charge < -0.3 is 4.40 Å². The summed E-state index contributed by atoms with van der Waals surface area (Å²) in [7, 11) is 0. The molecule has 3 aromatic rings. The molecule has 3 rings (SSSR count). The van der Waals surface area contributed by atoms with E-state index in [9.17, 15) is 9.18 Å². The summed E-state index contributed by atoms with van der Waals surface area (Å²) in [4.78, 5) is 15.5. The SMILES string of the molecule is Cc1cccn2c(Cc3ccc(F)cc3)nc(C=O)c12. The molecule has 0 radical (unpaired) electrons. The average Bonchev–Trinajstić information content (AvgIpc) is 2.81. The zero-order chi connectivity index (χ0) is 14.1. The van der Waals surface area contributed by atoms with Gasteiger partial charge in [-0.15, -0.1) is 0 Å². The Morgan fingerprint density at radius 2 is 2.00 bits per heavy atom. The lowest BCUT2D eigenvalue weighted by atomic mass is 10.1. The fraction of sp³-hybridized carbons (Fsp3) is 0.125. The van der Waals surface area contributed by atoms with Crippen LogP contribution in [0.5, 0.6) is 0 Å². The smallest absolute Gasteiger partial charge is 0.170 e. The molecule has 0 aliphatic heterocycles. The Morgan fingerprint density at radius 1 is 1.25 bits per heavy atom. The van der Waals surface area contributed by atoms with Gasteiger partial charge in [-0.25, -0.2) is 9.37 Å². The summed E-state index contributed by atoms with van der Waals surface area (Å²) in [6, 6.07) is 10.2. The van der Waals surface area contributed by atoms with Crippen molar-refractivity contribution in [2.45, 2.75) is 13.3 Å². The van der Waals surface area contributed by atoms with Crippen LogP contribution in [-0.2, 0) is 6.42 Å². The molecule has 0 spiro atoms. The van der Waals surface area contributed by atoms with Crippen molar-refractivity contribution in [3.05, 3.63) is 71.1 Å². The van der Waals surface area contributed by atoms with Crippen LogP contribution in [0.1, 0.15) is 27.4 Å². The topological polar surface area (TPSA) is 34.4 Å². The standard InChI is InChI=1S/C16H13FN2O/c1-11-3-2-8-19-15(18-14(10-20)16(11)19)9-12-4-6-13(17)7-5-12/h2-8,10H,9H2,1H3. The maximum atomic E-state index is 12.9. The van der Waals surface area contributed by atoms with E-state index >= 15 is 0 Å². The lowest BCUT2D eigenvalue weighted by molar-refractivity contribution is 0.112. The van der Waals surface area contributed by atoms with Gasteiger partial charge in [-0.05, 0) is 36.2 Å². The maximum Gasteiger partial charge on any atom is 0.170 e. The fourth-order valence-corrected chi connectivity index (χ4v) is 2.39. The highest BCUT2D eigenvalue weighted by Crippen LogP contribution is 2.18. The van der Waals surface area contributed by atoms with Crippen LogP contribution >= 0.6 is 0 Å². The average molecular weight is 268 g/mol. The van der Waals surface area contributed by atoms with Crippen LogP contribution in [0.15, 0.2) is 42.6 Å². The van der Waals surface area contributed by atoms with E-state index in [0.29, 0.717) is 12.1 Å². The molecule has 20 heavy (non-hydrogen) atoms. The molecule has 3 nitrogen and oxygen atoms in total. The van der Waals surface area contributed by atoms with Gasteiger partial charge in [-0.2, -0.15) is 0 Å². The summed E-state index contributed by atoms with van der Waals surface area (Å²) < 4.78 is 14.8. The Balaban J connectivity index is 2.10. The van der Waals surface area contributed by atoms with Crippen molar-refractivity contribution in [2.75, 3.05) is 0 Å². The first-order valence-electron chi connectivity index (χ1n) is 6.35. The lowest BCUT2D eigenvalue weighted by Gasteiger charge is -2.03. The van der Waals surface area contributed by atoms with Gasteiger partial charge >= 0.3 is 0 Å². The Labute approximate surface area is 115 Å². The summed E-state index contributed by atoms with van der Waals surface area (Å²) in [5, 5.41) is 0. The highest BCUT2D eigenvalue weighted by molar-refractivity contribution is 5.85. The zero-order valence-corrected chi connectivity index (χ0v) is 11.0. The predicted molar refractivity (Wildman–Crippen MR) is 74.5 cm³/mol. The van der Waals surface area contributed by atoms with E-state index in [0.717, 1.165) is 28.8 Å². The van der Waals surface area contributed by atoms with Crippen molar-refractivity contribution in [1.29, 1.82) is 0 Å². The van der Waals surface area contributed by atoms with Crippen molar-refractivity contribution >= 4 is 11.8 Å². The van der Waals surface area contributed by atoms with Crippen molar-refractivity contribution in [2.24, 2.45) is 0 Å². The molecule has 0 aliphatic rings. The second-order valence-corrected chi connectivity index (χ2v) is 4.74. The fourth-order valence-electron chi connectivity index (χ4n) is 2.39. The third-order valence-electron chi connectivity index (χ3n) is 3.35. The Morgan fingerprint density at radius 3 is 2.70 bits per heavy atom. The normalized spacial score (nSPS) is 10.9. The molecule has 0 saturated heterocycles. The van der Waals surface area contributed by atoms with Crippen molar-refractivity contribution < 1.29 is 9.18 Å². The van der Waals surface area contributed by atoms with Crippen molar-refractivity contribution in [3.8, 4) is 0 Å². The summed E-state index contributed by atoms with van der Waals surface area (Å²) >= 11 is 0. The van der Waals surface area contributed by atoms with E-state index in [1.54, 1.807) is 12.1 Å². The summed E-state index contributed by atoms with van der Waals surface area (Å²) in [5.41, 5.74) is 3.24. The maximum absolute atomic E-state index is 12.9. The number of fused-ring (bicyclic) bond motifs is 1. The van der Waals surface area contributed by atoms with Gasteiger partial charge in [0, 0.05) is 12.6 Å². The van der Waals surface area contributed by atoms with E-state index in [-0.39, 0.29) is 5.82 Å². The lowest BCUT2D eigenvalue weighted by Crippen LogP contribution is -1.96. The number of benzene rings is 1. The second kappa shape index (κ2) is 4.89. The van der Waals surface area contributed by atoms with Gasteiger partial charge in [0.05, 0.1) is 5.52 Å². The monoisotopic (exact) mass is 268 g/mol. The van der Waals surface area contributed by atoms with Crippen LogP contribution in [0.2, 0.25) is 0 Å². The van der Waals surface area contributed by atoms with Crippen LogP contribution in [0.25, 0.3) is 5.52 Å². The number of carbonyl (C=O) groups excluding carboxylic acids is 1. The van der Waals surface area contributed by atoms with E-state index < -0.39 is 0 Å². The number of nitrogens with zero attached hydrogens (tertiary/aromatic N) is 2. The first-order valence-corrected chi connectivity index (χ1v) is 6.35. The zero-order valence-electron chi connectivity index (χ0n) is 11.0. The minimum Gasteiger partial charge on any atom is -0.302 e. The minimum atomic E-state index is -0.258. The van der Waals surface area contributed by atoms with E-state index in [1.165, 1.54) is 12.1 Å². The molecule has 0 aliphatic carbocycles. The quantitative estimate of drug-likeness (QED) is 0.684. The summed E-state index contributed by atoms with van der Waals surface area (Å²) in [6.07, 6.45) is 3.22. The van der Waals surface area contributed by atoms with Gasteiger partial charge in [-0.3, -0.25) is 4.79 Å². The van der Waals surface area contributed by atoms with Gasteiger partial charge in [0.1, 0.15) is 17.3 Å². The molecule has 100 valence electrons. The Kier molecular flexibility index (Phi) is 3.06. The Hall–Kier alpha value is -2.49. The number of hydrogen-bond donors (Lipinski definition) is 0. The third-order valence-corrected chi connectivity index (χ3v) is 3.35. The molecular formula is C16H13FN2O. The number of carbonyl (C=O) groups is 1. The molecule has 1 aromatic carbocycles. The number of pyridine rings is 1. The molecule has 0 unspecified atom stereocenters. The molecule has 2 heterocycles. The van der Waals surface area contributed by atoms with Crippen LogP contribution in [0, 0.1) is 12.7 Å². The number of halogens is 1. The number of rotatable bonds is 3. The third kappa shape index (κ3) is 2.09. The number of hydrogen-bond acceptors (Lipinski definition) is 2. The molecule has 2 aromatic heterocycles. The highest BCUT2D eigenvalue weighted by atomic mass is 19.1. The second-order valence-electron chi connectivity index (χ2n) is 4.74. The number of aryl methyl sites for hydroxylation is 1. The molecule has 0 N–H and O–H groups in total. The van der Waals surface area contributed by atoms with Crippen molar-refractivity contribution in [1.82, 2.24) is 9.38 Å². The first kappa shape index (κ1) is 12.5. The molecule has 0 atom stereocenters. The van der Waals surface area contributed by atoms with Gasteiger partial charge in [0.2, 0.25) is 0 Å². The summed E-state index contributed by atoms with van der Waals surface area (Å²) in [5.74, 6) is 0.517. The van der Waals surface area contributed by atoms with Crippen LogP contribution in [0.3, 0.4) is 0 Å². The molecule has 0 amide bonds. The molecule has 0 saturated carbocycles. The highest BCUT2D eigenvalue weighted by Gasteiger charge is 2.12. The van der Waals surface area contributed by atoms with E-state index in [1.807, 2.05) is 29.7 Å². The number of aldehydes is 1. The van der Waals surface area contributed by atoms with Crippen molar-refractivity contribution in [3.63, 3.8) is 0 Å². The predicted octanol–water partition coefficient (Wildman–Crippen LogP) is 3.19. The van der Waals surface area contributed by atoms with Gasteiger partial charge in [0.25, 0.3) is 0 Å². The van der Waals surface area contributed by atoms with Crippen LogP contribution < -0.4 is 0 Å². The van der Waals surface area contributed by atoms with Gasteiger partial charge in [-0.1, -0.05) is 18.2 Å². The first-order chi connectivity index (χ1) is 9.69. The number of aromatic nitrogens is 2.